The van der Waals surface area contributed by atoms with Crippen molar-refractivity contribution < 1.29 is 4.39 Å². The minimum Gasteiger partial charge on any atom is -0.327 e. The van der Waals surface area contributed by atoms with E-state index in [9.17, 15) is 4.39 Å². The van der Waals surface area contributed by atoms with Gasteiger partial charge in [0, 0.05) is 18.9 Å². The SMILES string of the molecule is NC1CC(F)(c2ccsc2)C1. The van der Waals surface area contributed by atoms with Gasteiger partial charge in [0.15, 0.2) is 0 Å². The highest BCUT2D eigenvalue weighted by molar-refractivity contribution is 7.08. The van der Waals surface area contributed by atoms with Gasteiger partial charge in [0.1, 0.15) is 5.67 Å². The Kier molecular flexibility index (Phi) is 1.51. The third-order valence-electron chi connectivity index (χ3n) is 2.21. The van der Waals surface area contributed by atoms with Gasteiger partial charge >= 0.3 is 0 Å². The summed E-state index contributed by atoms with van der Waals surface area (Å²) >= 11 is 1.54. The molecule has 0 aromatic carbocycles. The summed E-state index contributed by atoms with van der Waals surface area (Å²) in [5, 5.41) is 3.77. The zero-order chi connectivity index (χ0) is 7.90. The summed E-state index contributed by atoms with van der Waals surface area (Å²) in [5.74, 6) is 0. The first kappa shape index (κ1) is 7.25. The van der Waals surface area contributed by atoms with Crippen LogP contribution in [-0.4, -0.2) is 6.04 Å². The Hall–Kier alpha value is -0.410. The lowest BCUT2D eigenvalue weighted by Crippen LogP contribution is -2.45. The van der Waals surface area contributed by atoms with Gasteiger partial charge in [-0.15, -0.1) is 0 Å². The highest BCUT2D eigenvalue weighted by Gasteiger charge is 2.44. The smallest absolute Gasteiger partial charge is 0.139 e. The van der Waals surface area contributed by atoms with E-state index < -0.39 is 5.67 Å². The Morgan fingerprint density at radius 2 is 2.36 bits per heavy atom. The van der Waals surface area contributed by atoms with E-state index in [1.165, 1.54) is 11.3 Å². The number of rotatable bonds is 1. The van der Waals surface area contributed by atoms with Gasteiger partial charge in [-0.25, -0.2) is 4.39 Å². The van der Waals surface area contributed by atoms with Crippen molar-refractivity contribution in [1.82, 2.24) is 0 Å². The molecule has 0 aliphatic heterocycles. The van der Waals surface area contributed by atoms with Crippen LogP contribution >= 0.6 is 11.3 Å². The number of thiophene rings is 1. The van der Waals surface area contributed by atoms with E-state index in [0.717, 1.165) is 5.56 Å². The Bertz CT molecular complexity index is 239. The van der Waals surface area contributed by atoms with Gasteiger partial charge in [0.2, 0.25) is 0 Å². The van der Waals surface area contributed by atoms with E-state index in [0.29, 0.717) is 12.8 Å². The Balaban J connectivity index is 2.18. The van der Waals surface area contributed by atoms with Gasteiger partial charge in [-0.05, 0) is 22.4 Å². The molecule has 2 N–H and O–H groups in total. The first-order chi connectivity index (χ1) is 5.21. The molecule has 1 nitrogen and oxygen atoms in total. The molecule has 1 aromatic rings. The minimum absolute atomic E-state index is 0.0694. The van der Waals surface area contributed by atoms with Crippen LogP contribution in [0.3, 0.4) is 0 Å². The zero-order valence-electron chi connectivity index (χ0n) is 6.09. The monoisotopic (exact) mass is 171 g/mol. The maximum absolute atomic E-state index is 13.6. The van der Waals surface area contributed by atoms with Crippen molar-refractivity contribution in [3.05, 3.63) is 22.4 Å². The van der Waals surface area contributed by atoms with Crippen LogP contribution in [-0.2, 0) is 5.67 Å². The predicted octanol–water partition coefficient (Wildman–Crippen LogP) is 2.03. The van der Waals surface area contributed by atoms with Crippen LogP contribution in [0.2, 0.25) is 0 Å². The minimum atomic E-state index is -1.10. The van der Waals surface area contributed by atoms with Gasteiger partial charge in [-0.1, -0.05) is 0 Å². The van der Waals surface area contributed by atoms with E-state index in [1.807, 2.05) is 16.8 Å². The molecule has 2 rings (SSSR count). The van der Waals surface area contributed by atoms with Gasteiger partial charge in [0.05, 0.1) is 0 Å². The summed E-state index contributed by atoms with van der Waals surface area (Å²) < 4.78 is 13.6. The largest absolute Gasteiger partial charge is 0.327 e. The quantitative estimate of drug-likeness (QED) is 0.687. The summed E-state index contributed by atoms with van der Waals surface area (Å²) in [7, 11) is 0. The second-order valence-electron chi connectivity index (χ2n) is 3.15. The summed E-state index contributed by atoms with van der Waals surface area (Å²) in [5.41, 5.74) is 5.24. The lowest BCUT2D eigenvalue weighted by atomic mass is 9.74. The fourth-order valence-electron chi connectivity index (χ4n) is 1.53. The first-order valence-corrected chi connectivity index (χ1v) is 4.62. The molecule has 1 saturated carbocycles. The molecule has 0 saturated heterocycles. The molecule has 1 aliphatic carbocycles. The summed E-state index contributed by atoms with van der Waals surface area (Å²) in [4.78, 5) is 0. The van der Waals surface area contributed by atoms with Crippen molar-refractivity contribution in [2.75, 3.05) is 0 Å². The Morgan fingerprint density at radius 3 is 2.82 bits per heavy atom. The Morgan fingerprint density at radius 1 is 1.64 bits per heavy atom. The molecule has 0 amide bonds. The van der Waals surface area contributed by atoms with Gasteiger partial charge in [-0.3, -0.25) is 0 Å². The number of alkyl halides is 1. The van der Waals surface area contributed by atoms with Crippen LogP contribution in [0, 0.1) is 0 Å². The Labute approximate surface area is 69.0 Å². The highest BCUT2D eigenvalue weighted by Crippen LogP contribution is 2.44. The fraction of sp³-hybridized carbons (Fsp3) is 0.500. The van der Waals surface area contributed by atoms with Crippen LogP contribution in [0.1, 0.15) is 18.4 Å². The van der Waals surface area contributed by atoms with E-state index in [2.05, 4.69) is 0 Å². The van der Waals surface area contributed by atoms with E-state index in [4.69, 9.17) is 5.73 Å². The molecule has 0 radical (unpaired) electrons. The summed E-state index contributed by atoms with van der Waals surface area (Å²) in [6.07, 6.45) is 0.980. The molecule has 11 heavy (non-hydrogen) atoms. The van der Waals surface area contributed by atoms with Crippen LogP contribution < -0.4 is 5.73 Å². The summed E-state index contributed by atoms with van der Waals surface area (Å²) in [6, 6.07) is 1.91. The number of hydrogen-bond acceptors (Lipinski definition) is 2. The maximum atomic E-state index is 13.6. The standard InChI is InChI=1S/C8H10FNS/c9-8(3-7(10)4-8)6-1-2-11-5-6/h1-2,5,7H,3-4,10H2. The highest BCUT2D eigenvalue weighted by atomic mass is 32.1. The van der Waals surface area contributed by atoms with Crippen molar-refractivity contribution in [1.29, 1.82) is 0 Å². The van der Waals surface area contributed by atoms with E-state index in [1.54, 1.807) is 0 Å². The fourth-order valence-corrected chi connectivity index (χ4v) is 2.27. The molecule has 1 heterocycles. The molecular formula is C8H10FNS. The van der Waals surface area contributed by atoms with Crippen LogP contribution in [0.4, 0.5) is 4.39 Å². The summed E-state index contributed by atoms with van der Waals surface area (Å²) in [6.45, 7) is 0. The zero-order valence-corrected chi connectivity index (χ0v) is 6.90. The van der Waals surface area contributed by atoms with Crippen LogP contribution in [0.5, 0.6) is 0 Å². The van der Waals surface area contributed by atoms with Crippen molar-refractivity contribution in [3.8, 4) is 0 Å². The van der Waals surface area contributed by atoms with Crippen molar-refractivity contribution in [3.63, 3.8) is 0 Å². The molecule has 60 valence electrons. The van der Waals surface area contributed by atoms with Crippen molar-refractivity contribution >= 4 is 11.3 Å². The number of nitrogens with two attached hydrogens (primary N) is 1. The molecular weight excluding hydrogens is 161 g/mol. The van der Waals surface area contributed by atoms with Gasteiger partial charge in [0.25, 0.3) is 0 Å². The predicted molar refractivity (Wildman–Crippen MR) is 44.3 cm³/mol. The van der Waals surface area contributed by atoms with E-state index >= 15 is 0 Å². The lowest BCUT2D eigenvalue weighted by Gasteiger charge is -2.38. The normalized spacial score (nSPS) is 36.7. The molecule has 1 aromatic heterocycles. The third-order valence-corrected chi connectivity index (χ3v) is 2.89. The average Bonchev–Trinajstić information content (AvgIpc) is 2.34. The molecule has 0 bridgehead atoms. The molecule has 0 atom stereocenters. The van der Waals surface area contributed by atoms with Gasteiger partial charge < -0.3 is 5.73 Å². The second kappa shape index (κ2) is 2.29. The molecule has 3 heteroatoms. The molecule has 0 unspecified atom stereocenters. The van der Waals surface area contributed by atoms with Gasteiger partial charge in [-0.2, -0.15) is 11.3 Å². The van der Waals surface area contributed by atoms with Crippen molar-refractivity contribution in [2.45, 2.75) is 24.6 Å². The topological polar surface area (TPSA) is 26.0 Å². The van der Waals surface area contributed by atoms with E-state index in [-0.39, 0.29) is 6.04 Å². The number of hydrogen-bond donors (Lipinski definition) is 1. The van der Waals surface area contributed by atoms with Crippen molar-refractivity contribution in [2.24, 2.45) is 5.73 Å². The first-order valence-electron chi connectivity index (χ1n) is 3.68. The molecule has 1 aliphatic rings. The molecule has 1 fully saturated rings. The number of halogens is 1. The maximum Gasteiger partial charge on any atom is 0.139 e. The third kappa shape index (κ3) is 1.08. The molecule has 0 spiro atoms. The average molecular weight is 171 g/mol. The lowest BCUT2D eigenvalue weighted by molar-refractivity contribution is 0.0410. The van der Waals surface area contributed by atoms with Crippen LogP contribution in [0.25, 0.3) is 0 Å². The second-order valence-corrected chi connectivity index (χ2v) is 3.93. The van der Waals surface area contributed by atoms with Crippen LogP contribution in [0.15, 0.2) is 16.8 Å².